The highest BCUT2D eigenvalue weighted by Crippen LogP contribution is 2.41. The molecule has 1 aliphatic rings. The zero-order chi connectivity index (χ0) is 10.3. The van der Waals surface area contributed by atoms with Crippen molar-refractivity contribution >= 4 is 10.0 Å². The van der Waals surface area contributed by atoms with Crippen molar-refractivity contribution in [1.82, 2.24) is 4.31 Å². The normalized spacial score (nSPS) is 30.5. The monoisotopic (exact) mass is 205 g/mol. The van der Waals surface area contributed by atoms with Gasteiger partial charge in [-0.3, -0.25) is 0 Å². The number of hydrogen-bond acceptors (Lipinski definition) is 2. The molecule has 0 aromatic heterocycles. The van der Waals surface area contributed by atoms with E-state index >= 15 is 0 Å². The van der Waals surface area contributed by atoms with Gasteiger partial charge in [-0.05, 0) is 18.8 Å². The SMILES string of the molecule is CCC1(C(C)C)CCN1S(C)(=O)=O. The highest BCUT2D eigenvalue weighted by molar-refractivity contribution is 7.88. The molecule has 0 bridgehead atoms. The van der Waals surface area contributed by atoms with E-state index in [9.17, 15) is 8.42 Å². The quantitative estimate of drug-likeness (QED) is 0.699. The maximum atomic E-state index is 11.4. The first-order chi connectivity index (χ1) is 5.84. The van der Waals surface area contributed by atoms with E-state index < -0.39 is 10.0 Å². The first-order valence-corrected chi connectivity index (χ1v) is 6.67. The van der Waals surface area contributed by atoms with Crippen LogP contribution in [0.25, 0.3) is 0 Å². The van der Waals surface area contributed by atoms with E-state index in [1.807, 2.05) is 0 Å². The molecule has 0 spiro atoms. The van der Waals surface area contributed by atoms with Crippen molar-refractivity contribution in [1.29, 1.82) is 0 Å². The van der Waals surface area contributed by atoms with Crippen molar-refractivity contribution in [2.24, 2.45) is 5.92 Å². The van der Waals surface area contributed by atoms with Crippen LogP contribution < -0.4 is 0 Å². The molecule has 0 saturated carbocycles. The summed E-state index contributed by atoms with van der Waals surface area (Å²) < 4.78 is 24.5. The lowest BCUT2D eigenvalue weighted by Gasteiger charge is -2.53. The summed E-state index contributed by atoms with van der Waals surface area (Å²) in [6.07, 6.45) is 3.23. The van der Waals surface area contributed by atoms with E-state index in [1.165, 1.54) is 6.26 Å². The molecule has 0 aromatic carbocycles. The molecule has 78 valence electrons. The van der Waals surface area contributed by atoms with Gasteiger partial charge in [0.15, 0.2) is 0 Å². The van der Waals surface area contributed by atoms with Gasteiger partial charge in [-0.2, -0.15) is 4.31 Å². The predicted molar refractivity (Wildman–Crippen MR) is 54.0 cm³/mol. The van der Waals surface area contributed by atoms with Gasteiger partial charge in [0, 0.05) is 12.1 Å². The summed E-state index contributed by atoms with van der Waals surface area (Å²) in [4.78, 5) is 0. The second kappa shape index (κ2) is 3.24. The minimum Gasteiger partial charge on any atom is -0.212 e. The number of nitrogens with zero attached hydrogens (tertiary/aromatic N) is 1. The first kappa shape index (κ1) is 11.0. The lowest BCUT2D eigenvalue weighted by Crippen LogP contribution is -2.64. The third-order valence-electron chi connectivity index (χ3n) is 3.33. The van der Waals surface area contributed by atoms with Crippen molar-refractivity contribution in [2.45, 2.75) is 39.2 Å². The fourth-order valence-electron chi connectivity index (χ4n) is 2.32. The molecular weight excluding hydrogens is 186 g/mol. The largest absolute Gasteiger partial charge is 0.212 e. The molecule has 1 rings (SSSR count). The number of rotatable bonds is 3. The summed E-state index contributed by atoms with van der Waals surface area (Å²) in [5, 5.41) is 0. The van der Waals surface area contributed by atoms with Crippen LogP contribution in [0, 0.1) is 5.92 Å². The minimum atomic E-state index is -3.00. The van der Waals surface area contributed by atoms with Gasteiger partial charge in [0.25, 0.3) is 0 Å². The van der Waals surface area contributed by atoms with Crippen molar-refractivity contribution in [3.8, 4) is 0 Å². The van der Waals surface area contributed by atoms with E-state index in [2.05, 4.69) is 20.8 Å². The van der Waals surface area contributed by atoms with Crippen LogP contribution >= 0.6 is 0 Å². The Balaban J connectivity index is 2.93. The summed E-state index contributed by atoms with van der Waals surface area (Å²) in [7, 11) is -3.00. The molecular formula is C9H19NO2S. The zero-order valence-corrected chi connectivity index (χ0v) is 9.69. The Labute approximate surface area is 81.2 Å². The lowest BCUT2D eigenvalue weighted by atomic mass is 9.76. The highest BCUT2D eigenvalue weighted by Gasteiger charge is 2.49. The highest BCUT2D eigenvalue weighted by atomic mass is 32.2. The maximum Gasteiger partial charge on any atom is 0.211 e. The molecule has 4 heteroatoms. The third-order valence-corrected chi connectivity index (χ3v) is 4.68. The van der Waals surface area contributed by atoms with E-state index in [0.29, 0.717) is 12.5 Å². The van der Waals surface area contributed by atoms with Crippen LogP contribution in [0.15, 0.2) is 0 Å². The van der Waals surface area contributed by atoms with Gasteiger partial charge >= 0.3 is 0 Å². The molecule has 1 heterocycles. The fourth-order valence-corrected chi connectivity index (χ4v) is 3.84. The second-order valence-corrected chi connectivity index (χ2v) is 6.10. The molecule has 1 atom stereocenters. The first-order valence-electron chi connectivity index (χ1n) is 4.82. The lowest BCUT2D eigenvalue weighted by molar-refractivity contribution is 0.0221. The second-order valence-electron chi connectivity index (χ2n) is 4.20. The van der Waals surface area contributed by atoms with Gasteiger partial charge < -0.3 is 0 Å². The smallest absolute Gasteiger partial charge is 0.211 e. The third kappa shape index (κ3) is 1.62. The molecule has 0 amide bonds. The van der Waals surface area contributed by atoms with Gasteiger partial charge in [-0.25, -0.2) is 8.42 Å². The average molecular weight is 205 g/mol. The number of sulfonamides is 1. The molecule has 0 aromatic rings. The van der Waals surface area contributed by atoms with Crippen LogP contribution in [0.1, 0.15) is 33.6 Å². The topological polar surface area (TPSA) is 37.4 Å². The molecule has 1 fully saturated rings. The van der Waals surface area contributed by atoms with Gasteiger partial charge in [-0.1, -0.05) is 20.8 Å². The van der Waals surface area contributed by atoms with Crippen LogP contribution in [0.2, 0.25) is 0 Å². The van der Waals surface area contributed by atoms with Gasteiger partial charge in [0.05, 0.1) is 6.26 Å². The molecule has 1 unspecified atom stereocenters. The summed E-state index contributed by atoms with van der Waals surface area (Å²) in [6, 6.07) is 0. The maximum absolute atomic E-state index is 11.4. The fraction of sp³-hybridized carbons (Fsp3) is 1.00. The molecule has 1 saturated heterocycles. The minimum absolute atomic E-state index is 0.0897. The van der Waals surface area contributed by atoms with Gasteiger partial charge in [0.1, 0.15) is 0 Å². The summed E-state index contributed by atoms with van der Waals surface area (Å²) >= 11 is 0. The Morgan fingerprint density at radius 3 is 2.08 bits per heavy atom. The average Bonchev–Trinajstić information content (AvgIpc) is 1.81. The van der Waals surface area contributed by atoms with Crippen LogP contribution in [0.3, 0.4) is 0 Å². The van der Waals surface area contributed by atoms with E-state index in [1.54, 1.807) is 4.31 Å². The number of hydrogen-bond donors (Lipinski definition) is 0. The van der Waals surface area contributed by atoms with Gasteiger partial charge in [-0.15, -0.1) is 0 Å². The van der Waals surface area contributed by atoms with E-state index in [4.69, 9.17) is 0 Å². The Kier molecular flexibility index (Phi) is 2.74. The predicted octanol–water partition coefficient (Wildman–Crippen LogP) is 1.46. The zero-order valence-electron chi connectivity index (χ0n) is 8.87. The van der Waals surface area contributed by atoms with Crippen LogP contribution in [-0.4, -0.2) is 31.1 Å². The van der Waals surface area contributed by atoms with Crippen molar-refractivity contribution in [3.05, 3.63) is 0 Å². The Morgan fingerprint density at radius 1 is 1.46 bits per heavy atom. The Morgan fingerprint density at radius 2 is 2.00 bits per heavy atom. The Hall–Kier alpha value is -0.0900. The molecule has 0 N–H and O–H groups in total. The van der Waals surface area contributed by atoms with Crippen LogP contribution in [0.5, 0.6) is 0 Å². The van der Waals surface area contributed by atoms with Gasteiger partial charge in [0.2, 0.25) is 10.0 Å². The van der Waals surface area contributed by atoms with E-state index in [0.717, 1.165) is 12.8 Å². The van der Waals surface area contributed by atoms with E-state index in [-0.39, 0.29) is 5.54 Å². The molecule has 13 heavy (non-hydrogen) atoms. The van der Waals surface area contributed by atoms with Crippen LogP contribution in [-0.2, 0) is 10.0 Å². The standard InChI is InChI=1S/C9H19NO2S/c1-5-9(8(2)3)6-7-10(9)13(4,11)12/h8H,5-7H2,1-4H3. The van der Waals surface area contributed by atoms with Crippen molar-refractivity contribution in [2.75, 3.05) is 12.8 Å². The molecule has 0 radical (unpaired) electrons. The van der Waals surface area contributed by atoms with Crippen molar-refractivity contribution < 1.29 is 8.42 Å². The summed E-state index contributed by atoms with van der Waals surface area (Å²) in [5.74, 6) is 0.404. The molecule has 1 aliphatic heterocycles. The summed E-state index contributed by atoms with van der Waals surface area (Å²) in [5.41, 5.74) is -0.0897. The van der Waals surface area contributed by atoms with Crippen LogP contribution in [0.4, 0.5) is 0 Å². The molecule has 3 nitrogen and oxygen atoms in total. The van der Waals surface area contributed by atoms with Crippen molar-refractivity contribution in [3.63, 3.8) is 0 Å². The Bertz CT molecular complexity index is 280. The summed E-state index contributed by atoms with van der Waals surface area (Å²) in [6.45, 7) is 6.96. The molecule has 0 aliphatic carbocycles.